The zero-order valence-electron chi connectivity index (χ0n) is 11.1. The maximum atomic E-state index is 12.2. The Hall–Kier alpha value is -0.650. The minimum Gasteiger partial charge on any atom is -0.381 e. The summed E-state index contributed by atoms with van der Waals surface area (Å²) in [5, 5.41) is 6.52. The van der Waals surface area contributed by atoms with Crippen molar-refractivity contribution in [2.24, 2.45) is 5.92 Å². The van der Waals surface area contributed by atoms with Gasteiger partial charge in [-0.2, -0.15) is 0 Å². The Kier molecular flexibility index (Phi) is 5.41. The largest absolute Gasteiger partial charge is 0.381 e. The third-order valence-corrected chi connectivity index (χ3v) is 3.64. The number of rotatable bonds is 5. The van der Waals surface area contributed by atoms with Crippen LogP contribution in [0.25, 0.3) is 0 Å². The lowest BCUT2D eigenvalue weighted by Gasteiger charge is -2.26. The molecule has 2 saturated heterocycles. The van der Waals surface area contributed by atoms with E-state index in [9.17, 15) is 4.79 Å². The zero-order valence-corrected chi connectivity index (χ0v) is 11.1. The van der Waals surface area contributed by atoms with Crippen LogP contribution in [0.3, 0.4) is 0 Å². The van der Waals surface area contributed by atoms with Crippen LogP contribution in [0.2, 0.25) is 0 Å². The van der Waals surface area contributed by atoms with E-state index in [4.69, 9.17) is 9.47 Å². The molecular formula is C13H24N2O3. The van der Waals surface area contributed by atoms with Crippen LogP contribution >= 0.6 is 0 Å². The van der Waals surface area contributed by atoms with Crippen molar-refractivity contribution in [3.05, 3.63) is 0 Å². The maximum absolute atomic E-state index is 12.2. The standard InChI is InChI=1S/C13H24N2O3/c1-2-5-14-12-9-18-8-11(12)13(16)15-10-3-6-17-7-4-10/h10-12,14H,2-9H2,1H3,(H,15,16). The van der Waals surface area contributed by atoms with Crippen LogP contribution < -0.4 is 10.6 Å². The van der Waals surface area contributed by atoms with Crippen molar-refractivity contribution in [2.45, 2.75) is 38.3 Å². The van der Waals surface area contributed by atoms with Crippen LogP contribution in [0, 0.1) is 5.92 Å². The molecule has 2 fully saturated rings. The molecule has 0 bridgehead atoms. The lowest BCUT2D eigenvalue weighted by Crippen LogP contribution is -2.48. The average Bonchev–Trinajstić information content (AvgIpc) is 2.86. The van der Waals surface area contributed by atoms with Crippen molar-refractivity contribution in [3.63, 3.8) is 0 Å². The van der Waals surface area contributed by atoms with Crippen molar-refractivity contribution in [2.75, 3.05) is 33.0 Å². The van der Waals surface area contributed by atoms with E-state index in [1.165, 1.54) is 0 Å². The molecular weight excluding hydrogens is 232 g/mol. The molecule has 0 spiro atoms. The summed E-state index contributed by atoms with van der Waals surface area (Å²) in [6, 6.07) is 0.448. The first-order valence-electron chi connectivity index (χ1n) is 7.00. The number of carbonyl (C=O) groups excluding carboxylic acids is 1. The fourth-order valence-electron chi connectivity index (χ4n) is 2.49. The van der Waals surface area contributed by atoms with E-state index in [0.29, 0.717) is 13.2 Å². The molecule has 2 aliphatic rings. The number of hydrogen-bond donors (Lipinski definition) is 2. The highest BCUT2D eigenvalue weighted by atomic mass is 16.5. The summed E-state index contributed by atoms with van der Waals surface area (Å²) < 4.78 is 10.7. The highest BCUT2D eigenvalue weighted by molar-refractivity contribution is 5.80. The van der Waals surface area contributed by atoms with E-state index in [0.717, 1.165) is 39.0 Å². The van der Waals surface area contributed by atoms with E-state index in [-0.39, 0.29) is 23.9 Å². The molecule has 2 atom stereocenters. The zero-order chi connectivity index (χ0) is 12.8. The Morgan fingerprint density at radius 3 is 2.72 bits per heavy atom. The normalized spacial score (nSPS) is 29.4. The first-order chi connectivity index (χ1) is 8.81. The lowest BCUT2D eigenvalue weighted by atomic mass is 10.0. The molecule has 0 aromatic carbocycles. The van der Waals surface area contributed by atoms with Crippen molar-refractivity contribution in [1.29, 1.82) is 0 Å². The van der Waals surface area contributed by atoms with Crippen LogP contribution in [0.4, 0.5) is 0 Å². The number of hydrogen-bond acceptors (Lipinski definition) is 4. The van der Waals surface area contributed by atoms with Crippen molar-refractivity contribution in [3.8, 4) is 0 Å². The van der Waals surface area contributed by atoms with Crippen LogP contribution in [0.15, 0.2) is 0 Å². The molecule has 0 radical (unpaired) electrons. The monoisotopic (exact) mass is 256 g/mol. The van der Waals surface area contributed by atoms with Gasteiger partial charge in [-0.15, -0.1) is 0 Å². The molecule has 18 heavy (non-hydrogen) atoms. The van der Waals surface area contributed by atoms with E-state index >= 15 is 0 Å². The van der Waals surface area contributed by atoms with Crippen LogP contribution in [-0.2, 0) is 14.3 Å². The second-order valence-corrected chi connectivity index (χ2v) is 5.10. The summed E-state index contributed by atoms with van der Waals surface area (Å²) in [5.74, 6) is 0.0902. The maximum Gasteiger partial charge on any atom is 0.227 e. The van der Waals surface area contributed by atoms with Gasteiger partial charge < -0.3 is 20.1 Å². The summed E-state index contributed by atoms with van der Waals surface area (Å²) in [7, 11) is 0. The summed E-state index contributed by atoms with van der Waals surface area (Å²) in [6.07, 6.45) is 2.92. The molecule has 2 aliphatic heterocycles. The van der Waals surface area contributed by atoms with E-state index < -0.39 is 0 Å². The Morgan fingerprint density at radius 2 is 2.00 bits per heavy atom. The van der Waals surface area contributed by atoms with Gasteiger partial charge in [0, 0.05) is 25.3 Å². The molecule has 5 nitrogen and oxygen atoms in total. The minimum absolute atomic E-state index is 0.0422. The van der Waals surface area contributed by atoms with Crippen LogP contribution in [-0.4, -0.2) is 51.0 Å². The van der Waals surface area contributed by atoms with Gasteiger partial charge in [0.15, 0.2) is 0 Å². The molecule has 2 heterocycles. The molecule has 5 heteroatoms. The lowest BCUT2D eigenvalue weighted by molar-refractivity contribution is -0.126. The van der Waals surface area contributed by atoms with E-state index in [2.05, 4.69) is 17.6 Å². The highest BCUT2D eigenvalue weighted by Crippen LogP contribution is 2.15. The number of amides is 1. The van der Waals surface area contributed by atoms with Crippen LogP contribution in [0.5, 0.6) is 0 Å². The number of carbonyl (C=O) groups is 1. The predicted octanol–water partition coefficient (Wildman–Crippen LogP) is 0.296. The third-order valence-electron chi connectivity index (χ3n) is 3.64. The smallest absolute Gasteiger partial charge is 0.227 e. The summed E-state index contributed by atoms with van der Waals surface area (Å²) >= 11 is 0. The van der Waals surface area contributed by atoms with Crippen molar-refractivity contribution >= 4 is 5.91 Å². The van der Waals surface area contributed by atoms with E-state index in [1.54, 1.807) is 0 Å². The molecule has 0 aliphatic carbocycles. The Labute approximate surface area is 109 Å². The van der Waals surface area contributed by atoms with Gasteiger partial charge in [-0.1, -0.05) is 6.92 Å². The average molecular weight is 256 g/mol. The summed E-state index contributed by atoms with van der Waals surface area (Å²) in [6.45, 7) is 5.75. The second kappa shape index (κ2) is 7.07. The minimum atomic E-state index is -0.0422. The van der Waals surface area contributed by atoms with Gasteiger partial charge in [0.1, 0.15) is 0 Å². The van der Waals surface area contributed by atoms with Gasteiger partial charge in [-0.05, 0) is 25.8 Å². The first-order valence-corrected chi connectivity index (χ1v) is 7.00. The Morgan fingerprint density at radius 1 is 1.22 bits per heavy atom. The summed E-state index contributed by atoms with van der Waals surface area (Å²) in [5.41, 5.74) is 0. The quantitative estimate of drug-likeness (QED) is 0.742. The van der Waals surface area contributed by atoms with Gasteiger partial charge in [0.05, 0.1) is 19.1 Å². The predicted molar refractivity (Wildman–Crippen MR) is 68.4 cm³/mol. The molecule has 1 amide bonds. The molecule has 104 valence electrons. The summed E-state index contributed by atoms with van der Waals surface area (Å²) in [4.78, 5) is 12.2. The van der Waals surface area contributed by atoms with Gasteiger partial charge in [0.25, 0.3) is 0 Å². The fourth-order valence-corrected chi connectivity index (χ4v) is 2.49. The van der Waals surface area contributed by atoms with Crippen molar-refractivity contribution < 1.29 is 14.3 Å². The molecule has 0 aromatic heterocycles. The molecule has 2 rings (SSSR count). The SMILES string of the molecule is CCCNC1COCC1C(=O)NC1CCOCC1. The molecule has 0 saturated carbocycles. The van der Waals surface area contributed by atoms with Crippen LogP contribution in [0.1, 0.15) is 26.2 Å². The van der Waals surface area contributed by atoms with Gasteiger partial charge >= 0.3 is 0 Å². The fraction of sp³-hybridized carbons (Fsp3) is 0.923. The topological polar surface area (TPSA) is 59.6 Å². The molecule has 2 N–H and O–H groups in total. The van der Waals surface area contributed by atoms with Crippen molar-refractivity contribution in [1.82, 2.24) is 10.6 Å². The van der Waals surface area contributed by atoms with Gasteiger partial charge in [-0.25, -0.2) is 0 Å². The first kappa shape index (κ1) is 13.8. The van der Waals surface area contributed by atoms with Gasteiger partial charge in [-0.3, -0.25) is 4.79 Å². The Bertz CT molecular complexity index is 267. The number of nitrogens with one attached hydrogen (secondary N) is 2. The van der Waals surface area contributed by atoms with E-state index in [1.807, 2.05) is 0 Å². The highest BCUT2D eigenvalue weighted by Gasteiger charge is 2.34. The van der Waals surface area contributed by atoms with Gasteiger partial charge in [0.2, 0.25) is 5.91 Å². The Balaban J connectivity index is 1.79. The second-order valence-electron chi connectivity index (χ2n) is 5.10. The number of ether oxygens (including phenoxy) is 2. The molecule has 0 aromatic rings. The molecule has 2 unspecified atom stereocenters. The third kappa shape index (κ3) is 3.67.